The van der Waals surface area contributed by atoms with Crippen LogP contribution in [0, 0.1) is 6.92 Å². The second kappa shape index (κ2) is 7.44. The second-order valence-electron chi connectivity index (χ2n) is 6.85. The summed E-state index contributed by atoms with van der Waals surface area (Å²) in [5.74, 6) is 1.13. The summed E-state index contributed by atoms with van der Waals surface area (Å²) in [6, 6.07) is 4.00. The maximum absolute atomic E-state index is 12.5. The molecule has 0 radical (unpaired) electrons. The second-order valence-corrected chi connectivity index (χ2v) is 6.85. The van der Waals surface area contributed by atoms with Crippen molar-refractivity contribution in [2.75, 3.05) is 50.7 Å². The summed E-state index contributed by atoms with van der Waals surface area (Å²) in [6.45, 7) is 11.4. The van der Waals surface area contributed by atoms with Gasteiger partial charge in [0.15, 0.2) is 5.82 Å². The number of anilines is 1. The van der Waals surface area contributed by atoms with E-state index in [2.05, 4.69) is 20.0 Å². The number of morpholine rings is 1. The molecule has 1 amide bonds. The van der Waals surface area contributed by atoms with Crippen LogP contribution in [0.15, 0.2) is 12.1 Å². The molecule has 24 heavy (non-hydrogen) atoms. The third kappa shape index (κ3) is 4.21. The van der Waals surface area contributed by atoms with Gasteiger partial charge >= 0.3 is 0 Å². The van der Waals surface area contributed by atoms with E-state index in [-0.39, 0.29) is 18.1 Å². The minimum atomic E-state index is 0.120. The molecule has 0 spiro atoms. The van der Waals surface area contributed by atoms with Crippen LogP contribution in [0.25, 0.3) is 0 Å². The summed E-state index contributed by atoms with van der Waals surface area (Å²) in [4.78, 5) is 18.9. The van der Waals surface area contributed by atoms with Crippen molar-refractivity contribution in [3.63, 3.8) is 0 Å². The van der Waals surface area contributed by atoms with Crippen LogP contribution in [0.3, 0.4) is 0 Å². The Morgan fingerprint density at radius 3 is 2.38 bits per heavy atom. The summed E-state index contributed by atoms with van der Waals surface area (Å²) in [5.41, 5.74) is 0.928. The number of hydrogen-bond acceptors (Lipinski definition) is 6. The normalized spacial score (nSPS) is 25.8. The fraction of sp³-hybridized carbons (Fsp3) is 0.706. The van der Waals surface area contributed by atoms with Gasteiger partial charge in [-0.2, -0.15) is 5.10 Å². The molecule has 1 aromatic rings. The molecule has 7 heteroatoms. The zero-order valence-electron chi connectivity index (χ0n) is 14.8. The van der Waals surface area contributed by atoms with Gasteiger partial charge in [0.05, 0.1) is 24.4 Å². The Bertz CT molecular complexity index is 547. The van der Waals surface area contributed by atoms with Crippen molar-refractivity contribution in [1.82, 2.24) is 20.0 Å². The Kier molecular flexibility index (Phi) is 5.30. The third-order valence-corrected chi connectivity index (χ3v) is 4.61. The van der Waals surface area contributed by atoms with Gasteiger partial charge in [-0.15, -0.1) is 5.10 Å². The van der Waals surface area contributed by atoms with Gasteiger partial charge in [-0.1, -0.05) is 0 Å². The number of carbonyl (C=O) groups excluding carboxylic acids is 1. The molecule has 0 aromatic carbocycles. The molecule has 132 valence electrons. The number of aromatic nitrogens is 2. The van der Waals surface area contributed by atoms with Crippen molar-refractivity contribution in [3.8, 4) is 0 Å². The quantitative estimate of drug-likeness (QED) is 0.805. The van der Waals surface area contributed by atoms with E-state index in [1.807, 2.05) is 37.8 Å². The van der Waals surface area contributed by atoms with Crippen LogP contribution in [-0.2, 0) is 9.53 Å². The van der Waals surface area contributed by atoms with Gasteiger partial charge in [-0.25, -0.2) is 0 Å². The van der Waals surface area contributed by atoms with Crippen molar-refractivity contribution in [2.45, 2.75) is 33.0 Å². The predicted molar refractivity (Wildman–Crippen MR) is 92.0 cm³/mol. The number of nitrogens with zero attached hydrogens (tertiary/aromatic N) is 5. The Morgan fingerprint density at radius 1 is 1.12 bits per heavy atom. The average Bonchev–Trinajstić information content (AvgIpc) is 2.55. The molecule has 2 atom stereocenters. The van der Waals surface area contributed by atoms with E-state index >= 15 is 0 Å². The molecular formula is C17H27N5O2. The number of carbonyl (C=O) groups is 1. The lowest BCUT2D eigenvalue weighted by molar-refractivity contribution is -0.144. The maximum atomic E-state index is 12.5. The molecule has 7 nitrogen and oxygen atoms in total. The lowest BCUT2D eigenvalue weighted by Crippen LogP contribution is -2.54. The number of aryl methyl sites for hydroxylation is 1. The summed E-state index contributed by atoms with van der Waals surface area (Å²) in [6.07, 6.45) is 0.240. The Morgan fingerprint density at radius 2 is 1.79 bits per heavy atom. The molecule has 2 aliphatic heterocycles. The van der Waals surface area contributed by atoms with E-state index < -0.39 is 0 Å². The molecular weight excluding hydrogens is 306 g/mol. The van der Waals surface area contributed by atoms with Gasteiger partial charge in [-0.05, 0) is 32.9 Å². The molecule has 2 saturated heterocycles. The monoisotopic (exact) mass is 333 g/mol. The molecule has 0 saturated carbocycles. The summed E-state index contributed by atoms with van der Waals surface area (Å²) in [5, 5.41) is 8.37. The van der Waals surface area contributed by atoms with Gasteiger partial charge in [-0.3, -0.25) is 9.69 Å². The third-order valence-electron chi connectivity index (χ3n) is 4.61. The van der Waals surface area contributed by atoms with Crippen LogP contribution in [0.5, 0.6) is 0 Å². The van der Waals surface area contributed by atoms with E-state index in [0.29, 0.717) is 19.6 Å². The molecule has 2 unspecified atom stereocenters. The summed E-state index contributed by atoms with van der Waals surface area (Å²) in [7, 11) is 0. The van der Waals surface area contributed by atoms with Gasteiger partial charge in [0.2, 0.25) is 5.91 Å². The van der Waals surface area contributed by atoms with Gasteiger partial charge in [0.1, 0.15) is 0 Å². The van der Waals surface area contributed by atoms with E-state index in [1.165, 1.54) is 0 Å². The van der Waals surface area contributed by atoms with Crippen LogP contribution in [-0.4, -0.2) is 83.9 Å². The number of ether oxygens (including phenoxy) is 1. The zero-order chi connectivity index (χ0) is 17.1. The van der Waals surface area contributed by atoms with E-state index in [9.17, 15) is 4.79 Å². The first kappa shape index (κ1) is 17.1. The SMILES string of the molecule is Cc1ccc(N2CCN(CC(=O)N3CC(C)OC(C)C3)CC2)nn1. The molecule has 0 N–H and O–H groups in total. The van der Waals surface area contributed by atoms with Crippen molar-refractivity contribution in [3.05, 3.63) is 17.8 Å². The highest BCUT2D eigenvalue weighted by Gasteiger charge is 2.28. The number of hydrogen-bond donors (Lipinski definition) is 0. The van der Waals surface area contributed by atoms with Gasteiger partial charge in [0, 0.05) is 39.3 Å². The lowest BCUT2D eigenvalue weighted by atomic mass is 10.2. The van der Waals surface area contributed by atoms with E-state index in [4.69, 9.17) is 4.74 Å². The summed E-state index contributed by atoms with van der Waals surface area (Å²) >= 11 is 0. The average molecular weight is 333 g/mol. The first-order valence-corrected chi connectivity index (χ1v) is 8.72. The Balaban J connectivity index is 1.48. The van der Waals surface area contributed by atoms with Crippen LogP contribution in [0.1, 0.15) is 19.5 Å². The standard InChI is InChI=1S/C17H27N5O2/c1-13-4-5-16(19-18-13)21-8-6-20(7-9-21)12-17(23)22-10-14(2)24-15(3)11-22/h4-5,14-15H,6-12H2,1-3H3. The van der Waals surface area contributed by atoms with E-state index in [0.717, 1.165) is 37.7 Å². The smallest absolute Gasteiger partial charge is 0.236 e. The fourth-order valence-corrected chi connectivity index (χ4v) is 3.37. The van der Waals surface area contributed by atoms with Gasteiger partial charge < -0.3 is 14.5 Å². The van der Waals surface area contributed by atoms with Crippen molar-refractivity contribution in [1.29, 1.82) is 0 Å². The zero-order valence-corrected chi connectivity index (χ0v) is 14.8. The largest absolute Gasteiger partial charge is 0.372 e. The minimum Gasteiger partial charge on any atom is -0.372 e. The molecule has 0 aliphatic carbocycles. The molecule has 2 fully saturated rings. The van der Waals surface area contributed by atoms with Crippen LogP contribution in [0.2, 0.25) is 0 Å². The highest BCUT2D eigenvalue weighted by molar-refractivity contribution is 5.78. The molecule has 1 aromatic heterocycles. The van der Waals surface area contributed by atoms with Crippen molar-refractivity contribution in [2.24, 2.45) is 0 Å². The van der Waals surface area contributed by atoms with Crippen molar-refractivity contribution >= 4 is 11.7 Å². The first-order valence-electron chi connectivity index (χ1n) is 8.72. The van der Waals surface area contributed by atoms with E-state index in [1.54, 1.807) is 0 Å². The fourth-order valence-electron chi connectivity index (χ4n) is 3.37. The first-order chi connectivity index (χ1) is 11.5. The number of piperazine rings is 1. The van der Waals surface area contributed by atoms with Gasteiger partial charge in [0.25, 0.3) is 0 Å². The predicted octanol–water partition coefficient (Wildman–Crippen LogP) is 0.543. The summed E-state index contributed by atoms with van der Waals surface area (Å²) < 4.78 is 5.70. The van der Waals surface area contributed by atoms with Crippen molar-refractivity contribution < 1.29 is 9.53 Å². The molecule has 3 rings (SSSR count). The number of rotatable bonds is 3. The van der Waals surface area contributed by atoms with Crippen LogP contribution in [0.4, 0.5) is 5.82 Å². The molecule has 3 heterocycles. The Hall–Kier alpha value is -1.73. The minimum absolute atomic E-state index is 0.120. The molecule has 2 aliphatic rings. The highest BCUT2D eigenvalue weighted by atomic mass is 16.5. The van der Waals surface area contributed by atoms with Crippen LogP contribution < -0.4 is 4.90 Å². The topological polar surface area (TPSA) is 61.8 Å². The molecule has 0 bridgehead atoms. The van der Waals surface area contributed by atoms with Crippen LogP contribution >= 0.6 is 0 Å². The Labute approximate surface area is 143 Å². The highest BCUT2D eigenvalue weighted by Crippen LogP contribution is 2.14. The number of amides is 1. The maximum Gasteiger partial charge on any atom is 0.236 e. The lowest BCUT2D eigenvalue weighted by Gasteiger charge is -2.38.